The Kier molecular flexibility index (Phi) is 10.6. The molecule has 0 fully saturated rings. The minimum atomic E-state index is 0. The van der Waals surface area contributed by atoms with Gasteiger partial charge in [0.15, 0.2) is 5.96 Å². The maximum Gasteiger partial charge on any atom is 0.191 e. The number of aromatic nitrogens is 1. The number of nitrogens with one attached hydrogen (secondary N) is 2. The fourth-order valence-electron chi connectivity index (χ4n) is 2.12. The van der Waals surface area contributed by atoms with E-state index in [9.17, 15) is 0 Å². The van der Waals surface area contributed by atoms with Gasteiger partial charge in [0, 0.05) is 11.9 Å². The van der Waals surface area contributed by atoms with E-state index >= 15 is 0 Å². The van der Waals surface area contributed by atoms with Gasteiger partial charge in [-0.2, -0.15) is 0 Å². The predicted molar refractivity (Wildman–Crippen MR) is 121 cm³/mol. The predicted octanol–water partition coefficient (Wildman–Crippen LogP) is 4.33. The first-order valence-corrected chi connectivity index (χ1v) is 9.62. The van der Waals surface area contributed by atoms with Crippen molar-refractivity contribution in [3.8, 4) is 5.75 Å². The second-order valence-electron chi connectivity index (χ2n) is 6.10. The van der Waals surface area contributed by atoms with Crippen molar-refractivity contribution < 1.29 is 4.74 Å². The van der Waals surface area contributed by atoms with Crippen LogP contribution >= 0.6 is 35.3 Å². The van der Waals surface area contributed by atoms with E-state index in [2.05, 4.69) is 53.7 Å². The first-order valence-electron chi connectivity index (χ1n) is 8.74. The van der Waals surface area contributed by atoms with Gasteiger partial charge in [0.25, 0.3) is 0 Å². The Labute approximate surface area is 177 Å². The summed E-state index contributed by atoms with van der Waals surface area (Å²) in [5.74, 6) is 2.13. The Morgan fingerprint density at radius 1 is 1.23 bits per heavy atom. The van der Waals surface area contributed by atoms with Crippen molar-refractivity contribution in [2.24, 2.45) is 4.99 Å². The van der Waals surface area contributed by atoms with E-state index in [4.69, 9.17) is 4.74 Å². The van der Waals surface area contributed by atoms with Crippen LogP contribution in [0.1, 0.15) is 43.0 Å². The van der Waals surface area contributed by atoms with Crippen LogP contribution in [-0.2, 0) is 6.54 Å². The lowest BCUT2D eigenvalue weighted by Gasteiger charge is -2.12. The number of aryl methyl sites for hydroxylation is 1. The molecule has 0 unspecified atom stereocenters. The zero-order valence-corrected chi connectivity index (χ0v) is 19.1. The molecule has 26 heavy (non-hydrogen) atoms. The summed E-state index contributed by atoms with van der Waals surface area (Å²) in [6.07, 6.45) is 0. The number of benzene rings is 1. The van der Waals surface area contributed by atoms with Crippen molar-refractivity contribution in [1.82, 2.24) is 15.6 Å². The fourth-order valence-corrected chi connectivity index (χ4v) is 3.00. The van der Waals surface area contributed by atoms with Crippen LogP contribution < -0.4 is 15.4 Å². The molecule has 0 amide bonds. The third-order valence-corrected chi connectivity index (χ3v) is 4.41. The number of hydrogen-bond acceptors (Lipinski definition) is 4. The van der Waals surface area contributed by atoms with Crippen LogP contribution in [-0.4, -0.2) is 30.6 Å². The number of thiazole rings is 1. The highest BCUT2D eigenvalue weighted by Gasteiger charge is 2.05. The number of halogens is 1. The highest BCUT2D eigenvalue weighted by atomic mass is 127. The minimum absolute atomic E-state index is 0. The number of nitrogens with zero attached hydrogens (tertiary/aromatic N) is 2. The molecule has 0 aliphatic carbocycles. The summed E-state index contributed by atoms with van der Waals surface area (Å²) < 4.78 is 5.73. The summed E-state index contributed by atoms with van der Waals surface area (Å²) in [7, 11) is 0. The molecule has 0 aliphatic rings. The minimum Gasteiger partial charge on any atom is -0.492 e. The second-order valence-corrected chi connectivity index (χ2v) is 7.05. The average Bonchev–Trinajstić information content (AvgIpc) is 3.07. The first-order chi connectivity index (χ1) is 12.1. The van der Waals surface area contributed by atoms with E-state index in [1.807, 2.05) is 24.3 Å². The fraction of sp³-hybridized carbons (Fsp3) is 0.474. The van der Waals surface area contributed by atoms with Gasteiger partial charge < -0.3 is 15.4 Å². The SMILES string of the molecule is CCNC(=NCc1nc(C(C)C)cs1)NCCOc1ccc(C)cc1.I. The molecule has 0 bridgehead atoms. The van der Waals surface area contributed by atoms with Gasteiger partial charge in [0.05, 0.1) is 18.8 Å². The highest BCUT2D eigenvalue weighted by Crippen LogP contribution is 2.18. The standard InChI is InChI=1S/C19H28N4OS.HI/c1-5-20-19(22-12-18-23-17(13-25-18)14(2)3)21-10-11-24-16-8-6-15(4)7-9-16;/h6-9,13-14H,5,10-12H2,1-4H3,(H2,20,21,22);1H. The molecule has 0 saturated heterocycles. The maximum absolute atomic E-state index is 5.73. The molecular formula is C19H29IN4OS. The van der Waals surface area contributed by atoms with E-state index < -0.39 is 0 Å². The van der Waals surface area contributed by atoms with E-state index in [1.54, 1.807) is 11.3 Å². The van der Waals surface area contributed by atoms with Crippen LogP contribution in [0.15, 0.2) is 34.6 Å². The van der Waals surface area contributed by atoms with Crippen LogP contribution in [0.4, 0.5) is 0 Å². The van der Waals surface area contributed by atoms with Crippen LogP contribution in [0.25, 0.3) is 0 Å². The van der Waals surface area contributed by atoms with Crippen molar-refractivity contribution in [2.75, 3.05) is 19.7 Å². The van der Waals surface area contributed by atoms with Gasteiger partial charge in [-0.1, -0.05) is 31.5 Å². The number of ether oxygens (including phenoxy) is 1. The molecule has 144 valence electrons. The van der Waals surface area contributed by atoms with Gasteiger partial charge in [0.1, 0.15) is 17.4 Å². The Bertz CT molecular complexity index is 670. The van der Waals surface area contributed by atoms with Crippen molar-refractivity contribution in [2.45, 2.75) is 40.2 Å². The summed E-state index contributed by atoms with van der Waals surface area (Å²) in [6.45, 7) is 11.1. The van der Waals surface area contributed by atoms with E-state index in [1.165, 1.54) is 5.56 Å². The van der Waals surface area contributed by atoms with Crippen molar-refractivity contribution >= 4 is 41.3 Å². The smallest absolute Gasteiger partial charge is 0.191 e. The molecule has 5 nitrogen and oxygen atoms in total. The Balaban J connectivity index is 0.00000338. The molecule has 2 rings (SSSR count). The molecule has 1 aromatic carbocycles. The summed E-state index contributed by atoms with van der Waals surface area (Å²) in [5.41, 5.74) is 2.37. The molecular weight excluding hydrogens is 459 g/mol. The summed E-state index contributed by atoms with van der Waals surface area (Å²) in [6, 6.07) is 8.08. The first kappa shape index (κ1) is 22.7. The summed E-state index contributed by atoms with van der Waals surface area (Å²) in [5, 5.41) is 9.70. The highest BCUT2D eigenvalue weighted by molar-refractivity contribution is 14.0. The monoisotopic (exact) mass is 488 g/mol. The van der Waals surface area contributed by atoms with E-state index in [0.29, 0.717) is 25.6 Å². The molecule has 0 radical (unpaired) electrons. The molecule has 0 aliphatic heterocycles. The maximum atomic E-state index is 5.73. The molecule has 1 aromatic heterocycles. The summed E-state index contributed by atoms with van der Waals surface area (Å²) >= 11 is 1.67. The zero-order chi connectivity index (χ0) is 18.1. The van der Waals surface area contributed by atoms with Gasteiger partial charge in [-0.05, 0) is 31.9 Å². The molecule has 1 heterocycles. The molecule has 0 spiro atoms. The van der Waals surface area contributed by atoms with Crippen molar-refractivity contribution in [3.05, 3.63) is 45.9 Å². The van der Waals surface area contributed by atoms with Crippen molar-refractivity contribution in [3.63, 3.8) is 0 Å². The normalized spacial score (nSPS) is 11.2. The number of rotatable bonds is 8. The third kappa shape index (κ3) is 7.90. The van der Waals surface area contributed by atoms with E-state index in [0.717, 1.165) is 29.0 Å². The molecule has 0 saturated carbocycles. The second kappa shape index (κ2) is 12.1. The largest absolute Gasteiger partial charge is 0.492 e. The van der Waals surface area contributed by atoms with Gasteiger partial charge in [-0.3, -0.25) is 0 Å². The Hall–Kier alpha value is -1.35. The number of aliphatic imine (C=N–C) groups is 1. The van der Waals surface area contributed by atoms with Crippen LogP contribution in [0.2, 0.25) is 0 Å². The lowest BCUT2D eigenvalue weighted by atomic mass is 10.2. The van der Waals surface area contributed by atoms with Crippen LogP contribution in [0, 0.1) is 6.92 Å². The number of hydrogen-bond donors (Lipinski definition) is 2. The van der Waals surface area contributed by atoms with Gasteiger partial charge in [-0.15, -0.1) is 35.3 Å². The Morgan fingerprint density at radius 3 is 2.58 bits per heavy atom. The molecule has 7 heteroatoms. The van der Waals surface area contributed by atoms with Gasteiger partial charge >= 0.3 is 0 Å². The van der Waals surface area contributed by atoms with E-state index in [-0.39, 0.29) is 24.0 Å². The Morgan fingerprint density at radius 2 is 1.96 bits per heavy atom. The topological polar surface area (TPSA) is 58.5 Å². The quantitative estimate of drug-likeness (QED) is 0.252. The lowest BCUT2D eigenvalue weighted by Crippen LogP contribution is -2.39. The van der Waals surface area contributed by atoms with Crippen molar-refractivity contribution in [1.29, 1.82) is 0 Å². The number of guanidine groups is 1. The third-order valence-electron chi connectivity index (χ3n) is 3.56. The van der Waals surface area contributed by atoms with Gasteiger partial charge in [-0.25, -0.2) is 9.98 Å². The van der Waals surface area contributed by atoms with Crippen LogP contribution in [0.5, 0.6) is 5.75 Å². The summed E-state index contributed by atoms with van der Waals surface area (Å²) in [4.78, 5) is 9.22. The lowest BCUT2D eigenvalue weighted by molar-refractivity contribution is 0.322. The molecule has 0 atom stereocenters. The zero-order valence-electron chi connectivity index (χ0n) is 15.9. The molecule has 2 N–H and O–H groups in total. The molecule has 2 aromatic rings. The van der Waals surface area contributed by atoms with Gasteiger partial charge in [0.2, 0.25) is 0 Å². The average molecular weight is 488 g/mol. The van der Waals surface area contributed by atoms with Crippen LogP contribution in [0.3, 0.4) is 0 Å².